The maximum Gasteiger partial charge on any atom is 0.248 e. The summed E-state index contributed by atoms with van der Waals surface area (Å²) in [4.78, 5) is 2.65. The first-order valence-corrected chi connectivity index (χ1v) is 22.3. The van der Waals surface area contributed by atoms with Crippen LogP contribution in [-0.2, 0) is 0 Å². The van der Waals surface area contributed by atoms with Crippen molar-refractivity contribution in [2.45, 2.75) is 114 Å². The Morgan fingerprint density at radius 3 is 1.59 bits per heavy atom. The van der Waals surface area contributed by atoms with E-state index in [1.165, 1.54) is 169 Å². The van der Waals surface area contributed by atoms with Crippen LogP contribution in [0.4, 0.5) is 17.1 Å². The minimum atomic E-state index is 0.250. The van der Waals surface area contributed by atoms with Gasteiger partial charge in [0, 0.05) is 17.1 Å². The summed E-state index contributed by atoms with van der Waals surface area (Å²) in [6.07, 6.45) is 20.3. The van der Waals surface area contributed by atoms with Gasteiger partial charge in [-0.25, -0.2) is 0 Å². The number of hydrogen-bond donors (Lipinski definition) is 0. The van der Waals surface area contributed by atoms with Crippen molar-refractivity contribution in [3.8, 4) is 33.4 Å². The number of nitrogens with zero attached hydrogens (tertiary/aromatic N) is 1. The third-order valence-electron chi connectivity index (χ3n) is 14.7. The van der Waals surface area contributed by atoms with Crippen molar-refractivity contribution < 1.29 is 0 Å². The lowest BCUT2D eigenvalue weighted by Gasteiger charge is -2.37. The fourth-order valence-electron chi connectivity index (χ4n) is 11.7. The first kappa shape index (κ1) is 34.4. The van der Waals surface area contributed by atoms with E-state index < -0.39 is 0 Å². The fraction of sp³-hybridized carbons (Fsp3) is 0.333. The minimum absolute atomic E-state index is 0.250. The number of hydrogen-bond acceptors (Lipinski definition) is 1. The van der Waals surface area contributed by atoms with E-state index in [9.17, 15) is 0 Å². The van der Waals surface area contributed by atoms with E-state index >= 15 is 0 Å². The smallest absolute Gasteiger partial charge is 0.248 e. The third kappa shape index (κ3) is 6.07. The van der Waals surface area contributed by atoms with Crippen molar-refractivity contribution >= 4 is 40.2 Å². The van der Waals surface area contributed by atoms with Crippen LogP contribution in [0.3, 0.4) is 0 Å². The van der Waals surface area contributed by atoms with Gasteiger partial charge in [-0.05, 0) is 154 Å². The number of benzene rings is 6. The molecule has 5 aliphatic rings. The highest BCUT2D eigenvalue weighted by Gasteiger charge is 2.43. The molecule has 0 unspecified atom stereocenters. The topological polar surface area (TPSA) is 3.24 Å². The monoisotopic (exact) mass is 727 g/mol. The van der Waals surface area contributed by atoms with Crippen LogP contribution in [0, 0.1) is 0 Å². The molecule has 3 aliphatic carbocycles. The normalized spacial score (nSPS) is 18.4. The van der Waals surface area contributed by atoms with E-state index in [0.29, 0.717) is 17.8 Å². The van der Waals surface area contributed by atoms with Crippen LogP contribution in [0.5, 0.6) is 0 Å². The average molecular weight is 728 g/mol. The predicted octanol–water partition coefficient (Wildman–Crippen LogP) is 13.4. The Balaban J connectivity index is 1.12. The third-order valence-corrected chi connectivity index (χ3v) is 14.7. The summed E-state index contributed by atoms with van der Waals surface area (Å²) in [5.41, 5.74) is 21.2. The highest BCUT2D eigenvalue weighted by Crippen LogP contribution is 2.46. The number of fused-ring (bicyclic) bond motifs is 5. The maximum atomic E-state index is 2.67. The minimum Gasteiger partial charge on any atom is -0.311 e. The van der Waals surface area contributed by atoms with E-state index in [-0.39, 0.29) is 6.71 Å². The molecule has 0 bridgehead atoms. The molecule has 0 spiro atoms. The summed E-state index contributed by atoms with van der Waals surface area (Å²) >= 11 is 0. The van der Waals surface area contributed by atoms with Gasteiger partial charge in [-0.15, -0.1) is 0 Å². The van der Waals surface area contributed by atoms with Crippen molar-refractivity contribution in [1.29, 1.82) is 0 Å². The fourth-order valence-corrected chi connectivity index (χ4v) is 11.7. The molecular formula is C54H54BN. The van der Waals surface area contributed by atoms with Crippen LogP contribution < -0.4 is 21.3 Å². The van der Waals surface area contributed by atoms with Crippen LogP contribution >= 0.6 is 0 Å². The molecule has 0 N–H and O–H groups in total. The average Bonchev–Trinajstić information content (AvgIpc) is 3.62. The van der Waals surface area contributed by atoms with Crippen LogP contribution in [0.1, 0.15) is 131 Å². The second-order valence-corrected chi connectivity index (χ2v) is 17.9. The van der Waals surface area contributed by atoms with Gasteiger partial charge in [-0.2, -0.15) is 0 Å². The molecule has 2 heterocycles. The summed E-state index contributed by atoms with van der Waals surface area (Å²) in [5, 5.41) is 0. The van der Waals surface area contributed by atoms with Crippen molar-refractivity contribution in [2.75, 3.05) is 4.90 Å². The standard InChI is InChI=1S/C54H54BN/c1-5-14-37(15-6-1)41-24-28-47(29-25-41)56-52-31-27-45(40-20-11-4-12-21-40)35-51(52)55-50-34-44(39-18-9-3-10-19-39)26-30-48(50)49-33-46(36-53(56)54(49)55)43-23-13-22-42(32-43)38-16-7-2-8-17-38/h2,7-8,13,16-17,22-37,39-40H,1,3-6,9-12,14-15,18-21H2. The lowest BCUT2D eigenvalue weighted by molar-refractivity contribution is 0.443. The molecule has 0 atom stereocenters. The molecule has 0 amide bonds. The Hall–Kier alpha value is -4.82. The Bertz CT molecular complexity index is 2370. The van der Waals surface area contributed by atoms with Gasteiger partial charge in [0.2, 0.25) is 6.71 Å². The molecule has 0 saturated heterocycles. The summed E-state index contributed by atoms with van der Waals surface area (Å²) < 4.78 is 0. The summed E-state index contributed by atoms with van der Waals surface area (Å²) in [6.45, 7) is 0.250. The second-order valence-electron chi connectivity index (χ2n) is 17.9. The molecule has 1 nitrogen and oxygen atoms in total. The van der Waals surface area contributed by atoms with Gasteiger partial charge >= 0.3 is 0 Å². The zero-order valence-electron chi connectivity index (χ0n) is 33.0. The van der Waals surface area contributed by atoms with Crippen LogP contribution in [0.25, 0.3) is 33.4 Å². The molecule has 56 heavy (non-hydrogen) atoms. The predicted molar refractivity (Wildman–Crippen MR) is 240 cm³/mol. The molecule has 3 fully saturated rings. The van der Waals surface area contributed by atoms with E-state index in [0.717, 1.165) is 0 Å². The molecule has 2 heteroatoms. The van der Waals surface area contributed by atoms with E-state index in [2.05, 4.69) is 132 Å². The molecular weight excluding hydrogens is 673 g/mol. The summed E-state index contributed by atoms with van der Waals surface area (Å²) in [7, 11) is 0. The first-order valence-electron chi connectivity index (χ1n) is 22.3. The highest BCUT2D eigenvalue weighted by atomic mass is 15.2. The van der Waals surface area contributed by atoms with Crippen molar-refractivity contribution in [3.05, 3.63) is 144 Å². The van der Waals surface area contributed by atoms with Crippen LogP contribution in [-0.4, -0.2) is 6.71 Å². The lowest BCUT2D eigenvalue weighted by Crippen LogP contribution is -2.55. The zero-order valence-corrected chi connectivity index (χ0v) is 33.0. The zero-order chi connectivity index (χ0) is 37.0. The molecule has 2 aliphatic heterocycles. The van der Waals surface area contributed by atoms with Crippen molar-refractivity contribution in [2.24, 2.45) is 0 Å². The molecule has 3 saturated carbocycles. The van der Waals surface area contributed by atoms with Gasteiger partial charge in [0.05, 0.1) is 0 Å². The van der Waals surface area contributed by atoms with Crippen LogP contribution in [0.15, 0.2) is 127 Å². The van der Waals surface area contributed by atoms with E-state index in [4.69, 9.17) is 0 Å². The van der Waals surface area contributed by atoms with Gasteiger partial charge in [-0.3, -0.25) is 0 Å². The van der Waals surface area contributed by atoms with E-state index in [1.807, 2.05) is 0 Å². The molecule has 11 rings (SSSR count). The van der Waals surface area contributed by atoms with Gasteiger partial charge in [0.15, 0.2) is 0 Å². The van der Waals surface area contributed by atoms with Gasteiger partial charge < -0.3 is 4.90 Å². The lowest BCUT2D eigenvalue weighted by atomic mass is 9.37. The molecule has 6 aromatic carbocycles. The first-order chi connectivity index (χ1) is 27.8. The quantitative estimate of drug-likeness (QED) is 0.154. The highest BCUT2D eigenvalue weighted by molar-refractivity contribution is 7.01. The molecule has 278 valence electrons. The summed E-state index contributed by atoms with van der Waals surface area (Å²) in [5.74, 6) is 2.06. The molecule has 0 radical (unpaired) electrons. The van der Waals surface area contributed by atoms with Gasteiger partial charge in [0.1, 0.15) is 0 Å². The summed E-state index contributed by atoms with van der Waals surface area (Å²) in [6, 6.07) is 50.4. The molecule has 0 aromatic heterocycles. The Morgan fingerprint density at radius 1 is 0.375 bits per heavy atom. The Kier molecular flexibility index (Phi) is 8.98. The number of rotatable bonds is 6. The second kappa shape index (κ2) is 14.6. The van der Waals surface area contributed by atoms with Crippen molar-refractivity contribution in [1.82, 2.24) is 0 Å². The largest absolute Gasteiger partial charge is 0.311 e. The van der Waals surface area contributed by atoms with E-state index in [1.54, 1.807) is 11.1 Å². The number of anilines is 3. The molecule has 6 aromatic rings. The van der Waals surface area contributed by atoms with Crippen LogP contribution in [0.2, 0.25) is 0 Å². The SMILES string of the molecule is c1ccc(-c2cccc(-c3cc4c5c(c3)N(c3ccc(C6CCCCC6)cc3)c3ccc(C6CCCCC6)cc3B5c3cc(C5CCCCC5)ccc3-4)c2)cc1. The van der Waals surface area contributed by atoms with Gasteiger partial charge in [0.25, 0.3) is 0 Å². The Morgan fingerprint density at radius 2 is 0.929 bits per heavy atom. The maximum absolute atomic E-state index is 2.67. The van der Waals surface area contributed by atoms with Gasteiger partial charge in [-0.1, -0.05) is 154 Å². The van der Waals surface area contributed by atoms with Crippen molar-refractivity contribution in [3.63, 3.8) is 0 Å². The Labute approximate surface area is 335 Å².